The number of halogens is 2. The van der Waals surface area contributed by atoms with E-state index in [1.54, 1.807) is 57.2 Å². The summed E-state index contributed by atoms with van der Waals surface area (Å²) < 4.78 is 0. The predicted molar refractivity (Wildman–Crippen MR) is 155 cm³/mol. The zero-order valence-corrected chi connectivity index (χ0v) is 23.5. The van der Waals surface area contributed by atoms with Crippen LogP contribution in [0.2, 0.25) is 10.0 Å². The molecule has 0 unspecified atom stereocenters. The summed E-state index contributed by atoms with van der Waals surface area (Å²) in [6.45, 7) is 4.64. The minimum absolute atomic E-state index is 0.325. The van der Waals surface area contributed by atoms with E-state index in [4.69, 9.17) is 23.2 Å². The van der Waals surface area contributed by atoms with Crippen LogP contribution in [0.4, 0.5) is 21.0 Å². The van der Waals surface area contributed by atoms with Crippen molar-refractivity contribution in [2.45, 2.75) is 32.5 Å². The van der Waals surface area contributed by atoms with Gasteiger partial charge < -0.3 is 10.2 Å². The van der Waals surface area contributed by atoms with Crippen molar-refractivity contribution in [2.75, 3.05) is 16.8 Å². The zero-order valence-electron chi connectivity index (χ0n) is 22.0. The Morgan fingerprint density at radius 3 is 2.30 bits per heavy atom. The lowest BCUT2D eigenvalue weighted by atomic mass is 9.99. The van der Waals surface area contributed by atoms with Gasteiger partial charge in [-0.25, -0.2) is 15.0 Å². The number of hydroxylamine groups is 2. The number of amides is 5. The number of carbonyl (C=O) groups excluding carboxylic acids is 3. The van der Waals surface area contributed by atoms with Crippen molar-refractivity contribution in [3.8, 4) is 0 Å². The van der Waals surface area contributed by atoms with Crippen LogP contribution >= 0.6 is 23.2 Å². The number of hydrazone groups is 1. The Hall–Kier alpha value is -4.12. The van der Waals surface area contributed by atoms with Gasteiger partial charge in [-0.2, -0.15) is 10.2 Å². The Balaban J connectivity index is 1.61. The van der Waals surface area contributed by atoms with Crippen LogP contribution in [0, 0.1) is 0 Å². The topological polar surface area (TPSA) is 118 Å². The quantitative estimate of drug-likeness (QED) is 0.185. The zero-order chi connectivity index (χ0) is 29.0. The molecule has 1 saturated heterocycles. The Labute approximate surface area is 241 Å². The second kappa shape index (κ2) is 12.0. The minimum Gasteiger partial charge on any atom is -0.306 e. The molecule has 1 aliphatic rings. The molecular formula is C28H28Cl2N6O4. The second-order valence-electron chi connectivity index (χ2n) is 9.63. The van der Waals surface area contributed by atoms with Crippen molar-refractivity contribution >= 4 is 58.3 Å². The molecule has 3 aromatic rings. The van der Waals surface area contributed by atoms with E-state index in [-0.39, 0.29) is 0 Å². The SMILES string of the molecule is C/C(=N\NC(=O)CN1C(=O)N(c2cccc(Cl)c2)[C@H](N(O)C(=O)Nc2cccc(Cl)c2)C1(C)C)c1ccccc1. The Morgan fingerprint density at radius 1 is 1.00 bits per heavy atom. The largest absolute Gasteiger partial charge is 0.347 e. The molecule has 40 heavy (non-hydrogen) atoms. The fraction of sp³-hybridized carbons (Fsp3) is 0.214. The van der Waals surface area contributed by atoms with Gasteiger partial charge in [-0.3, -0.25) is 14.9 Å². The number of carbonyl (C=O) groups is 3. The van der Waals surface area contributed by atoms with Gasteiger partial charge in [0.1, 0.15) is 6.54 Å². The molecule has 208 valence electrons. The first-order valence-electron chi connectivity index (χ1n) is 12.3. The maximum atomic E-state index is 13.8. The fourth-order valence-corrected chi connectivity index (χ4v) is 4.80. The van der Waals surface area contributed by atoms with E-state index < -0.39 is 36.2 Å². The summed E-state index contributed by atoms with van der Waals surface area (Å²) in [5.74, 6) is -0.559. The van der Waals surface area contributed by atoms with Gasteiger partial charge in [0.25, 0.3) is 5.91 Å². The van der Waals surface area contributed by atoms with E-state index in [0.29, 0.717) is 32.2 Å². The Kier molecular flexibility index (Phi) is 8.63. The number of benzene rings is 3. The molecule has 4 rings (SSSR count). The molecule has 0 spiro atoms. The second-order valence-corrected chi connectivity index (χ2v) is 10.5. The summed E-state index contributed by atoms with van der Waals surface area (Å²) in [6.07, 6.45) is -1.25. The molecule has 1 heterocycles. The van der Waals surface area contributed by atoms with E-state index >= 15 is 0 Å². The monoisotopic (exact) mass is 582 g/mol. The maximum absolute atomic E-state index is 13.8. The lowest BCUT2D eigenvalue weighted by Crippen LogP contribution is -2.58. The van der Waals surface area contributed by atoms with E-state index in [0.717, 1.165) is 5.56 Å². The van der Waals surface area contributed by atoms with E-state index in [1.165, 1.54) is 21.9 Å². The van der Waals surface area contributed by atoms with Crippen molar-refractivity contribution in [3.05, 3.63) is 94.5 Å². The van der Waals surface area contributed by atoms with Gasteiger partial charge in [-0.05, 0) is 62.7 Å². The number of nitrogens with one attached hydrogen (secondary N) is 2. The smallest absolute Gasteiger partial charge is 0.306 e. The molecule has 12 heteroatoms. The third-order valence-electron chi connectivity index (χ3n) is 6.45. The highest BCUT2D eigenvalue weighted by Crippen LogP contribution is 2.38. The van der Waals surface area contributed by atoms with Crippen molar-refractivity contribution in [2.24, 2.45) is 5.10 Å². The molecule has 0 aliphatic carbocycles. The summed E-state index contributed by atoms with van der Waals surface area (Å²) in [4.78, 5) is 42.3. The third-order valence-corrected chi connectivity index (χ3v) is 6.92. The molecule has 1 fully saturated rings. The average Bonchev–Trinajstić information content (AvgIpc) is 3.12. The van der Waals surface area contributed by atoms with E-state index in [1.807, 2.05) is 30.3 Å². The molecule has 5 amide bonds. The summed E-state index contributed by atoms with van der Waals surface area (Å²) in [6, 6.07) is 20.6. The van der Waals surface area contributed by atoms with Gasteiger partial charge >= 0.3 is 12.1 Å². The fourth-order valence-electron chi connectivity index (χ4n) is 4.42. The Morgan fingerprint density at radius 2 is 1.65 bits per heavy atom. The third kappa shape index (κ3) is 6.20. The molecule has 0 bridgehead atoms. The molecule has 3 N–H and O–H groups in total. The first kappa shape index (κ1) is 28.9. The predicted octanol–water partition coefficient (Wildman–Crippen LogP) is 5.80. The molecule has 0 saturated carbocycles. The molecule has 10 nitrogen and oxygen atoms in total. The van der Waals surface area contributed by atoms with Crippen LogP contribution in [-0.4, -0.2) is 57.1 Å². The minimum atomic E-state index is -1.25. The van der Waals surface area contributed by atoms with Crippen LogP contribution in [-0.2, 0) is 4.79 Å². The summed E-state index contributed by atoms with van der Waals surface area (Å²) in [5.41, 5.74) is 3.31. The van der Waals surface area contributed by atoms with Gasteiger partial charge in [0.05, 0.1) is 11.3 Å². The van der Waals surface area contributed by atoms with Gasteiger partial charge in [-0.1, -0.05) is 65.7 Å². The van der Waals surface area contributed by atoms with Crippen molar-refractivity contribution in [1.29, 1.82) is 0 Å². The first-order chi connectivity index (χ1) is 19.0. The van der Waals surface area contributed by atoms with Crippen molar-refractivity contribution in [3.63, 3.8) is 0 Å². The number of nitrogens with zero attached hydrogens (tertiary/aromatic N) is 4. The number of hydrogen-bond acceptors (Lipinski definition) is 5. The van der Waals surface area contributed by atoms with Crippen LogP contribution in [0.3, 0.4) is 0 Å². The van der Waals surface area contributed by atoms with Crippen molar-refractivity contribution in [1.82, 2.24) is 15.4 Å². The molecule has 0 radical (unpaired) electrons. The highest BCUT2D eigenvalue weighted by molar-refractivity contribution is 6.31. The van der Waals surface area contributed by atoms with Crippen molar-refractivity contribution < 1.29 is 19.6 Å². The number of hydrogen-bond donors (Lipinski definition) is 3. The molecule has 3 aromatic carbocycles. The van der Waals surface area contributed by atoms with E-state index in [9.17, 15) is 19.6 Å². The lowest BCUT2D eigenvalue weighted by molar-refractivity contribution is -0.124. The van der Waals surface area contributed by atoms with Crippen LogP contribution < -0.4 is 15.6 Å². The van der Waals surface area contributed by atoms with Crippen LogP contribution in [0.5, 0.6) is 0 Å². The lowest BCUT2D eigenvalue weighted by Gasteiger charge is -2.38. The highest BCUT2D eigenvalue weighted by atomic mass is 35.5. The molecule has 1 atom stereocenters. The van der Waals surface area contributed by atoms with E-state index in [2.05, 4.69) is 15.8 Å². The van der Waals surface area contributed by atoms with Crippen LogP contribution in [0.25, 0.3) is 0 Å². The van der Waals surface area contributed by atoms with Gasteiger partial charge in [0.15, 0.2) is 6.17 Å². The molecule has 1 aliphatic heterocycles. The van der Waals surface area contributed by atoms with Gasteiger partial charge in [-0.15, -0.1) is 0 Å². The van der Waals surface area contributed by atoms with Crippen LogP contribution in [0.1, 0.15) is 26.3 Å². The Bertz CT molecular complexity index is 1450. The summed E-state index contributed by atoms with van der Waals surface area (Å²) in [5, 5.41) is 19.0. The van der Waals surface area contributed by atoms with Gasteiger partial charge in [0.2, 0.25) is 0 Å². The maximum Gasteiger partial charge on any atom is 0.347 e. The molecule has 0 aromatic heterocycles. The highest BCUT2D eigenvalue weighted by Gasteiger charge is 2.56. The molecular weight excluding hydrogens is 555 g/mol. The van der Waals surface area contributed by atoms with Crippen LogP contribution in [0.15, 0.2) is 84.0 Å². The summed E-state index contributed by atoms with van der Waals surface area (Å²) >= 11 is 12.2. The first-order valence-corrected chi connectivity index (χ1v) is 13.0. The number of anilines is 2. The number of urea groups is 2. The standard InChI is InChI=1S/C28H28Cl2N6O4/c1-18(19-9-5-4-6-10-19)32-33-24(37)17-34-27(39)35(23-14-8-12-21(30)16-23)25(28(34,2)3)36(40)26(38)31-22-13-7-11-20(29)15-22/h4-16,25,40H,17H2,1-3H3,(H,31,38)(H,33,37)/b32-18+/t25-/m1/s1. The average molecular weight is 583 g/mol. The number of rotatable bonds is 7. The summed E-state index contributed by atoms with van der Waals surface area (Å²) in [7, 11) is 0. The van der Waals surface area contributed by atoms with Gasteiger partial charge in [0, 0.05) is 21.4 Å². The normalized spacial score (nSPS) is 16.6.